The molecule has 0 unspecified atom stereocenters. The van der Waals surface area contributed by atoms with Gasteiger partial charge in [0.05, 0.1) is 12.7 Å². The minimum Gasteiger partial charge on any atom is -0.388 e. The highest BCUT2D eigenvalue weighted by Gasteiger charge is 2.42. The summed E-state index contributed by atoms with van der Waals surface area (Å²) in [7, 11) is 0. The molecule has 1 aliphatic heterocycles. The Hall–Kier alpha value is -0.460. The quantitative estimate of drug-likeness (QED) is 0.515. The molecule has 3 N–H and O–H groups in total. The Morgan fingerprint density at radius 2 is 1.93 bits per heavy atom. The molecular weight excluding hydrogens is 188 g/mol. The van der Waals surface area contributed by atoms with Crippen LogP contribution in [0.5, 0.6) is 0 Å². The molecule has 0 aromatic heterocycles. The van der Waals surface area contributed by atoms with E-state index in [0.717, 1.165) is 0 Å². The van der Waals surface area contributed by atoms with Crippen molar-refractivity contribution in [1.82, 2.24) is 0 Å². The lowest BCUT2D eigenvalue weighted by Crippen LogP contribution is -2.57. The maximum atomic E-state index is 9.46. The second-order valence-corrected chi connectivity index (χ2v) is 3.30. The van der Waals surface area contributed by atoms with Crippen molar-refractivity contribution in [2.45, 2.75) is 37.6 Å². The first-order chi connectivity index (χ1) is 6.57. The first kappa shape index (κ1) is 11.6. The molecule has 0 amide bonds. The van der Waals surface area contributed by atoms with E-state index in [1.807, 2.05) is 0 Å². The molecule has 82 valence electrons. The molecular formula is C9H16O5. The van der Waals surface area contributed by atoms with Gasteiger partial charge in [-0.2, -0.15) is 0 Å². The lowest BCUT2D eigenvalue weighted by molar-refractivity contribution is -0.290. The van der Waals surface area contributed by atoms with Gasteiger partial charge in [-0.25, -0.2) is 0 Å². The Morgan fingerprint density at radius 1 is 1.29 bits per heavy atom. The number of hydrogen-bond acceptors (Lipinski definition) is 5. The molecule has 0 aromatic rings. The fourth-order valence-corrected chi connectivity index (χ4v) is 1.31. The number of hydrogen-bond donors (Lipinski definition) is 3. The molecule has 5 nitrogen and oxygen atoms in total. The van der Waals surface area contributed by atoms with E-state index in [0.29, 0.717) is 0 Å². The van der Waals surface area contributed by atoms with Gasteiger partial charge in [-0.3, -0.25) is 0 Å². The van der Waals surface area contributed by atoms with Crippen LogP contribution in [-0.2, 0) is 9.47 Å². The summed E-state index contributed by atoms with van der Waals surface area (Å²) in [6, 6.07) is 0. The molecule has 1 heterocycles. The summed E-state index contributed by atoms with van der Waals surface area (Å²) in [4.78, 5) is 0. The summed E-state index contributed by atoms with van der Waals surface area (Å²) < 4.78 is 10.2. The third kappa shape index (κ3) is 2.31. The van der Waals surface area contributed by atoms with Crippen LogP contribution in [0, 0.1) is 0 Å². The van der Waals surface area contributed by atoms with Crippen LogP contribution >= 0.6 is 0 Å². The Morgan fingerprint density at radius 3 is 2.50 bits per heavy atom. The molecule has 0 spiro atoms. The Balaban J connectivity index is 2.55. The van der Waals surface area contributed by atoms with E-state index in [2.05, 4.69) is 6.58 Å². The standard InChI is InChI=1S/C9H16O5/c1-3-4-13-9-8(12)7(11)6(10)5(2)14-9/h3,5-12H,1,4H2,2H3/t5-,6+,7+,8-,9-/m0/s1. The number of rotatable bonds is 3. The van der Waals surface area contributed by atoms with E-state index >= 15 is 0 Å². The van der Waals surface area contributed by atoms with Crippen LogP contribution in [0.1, 0.15) is 6.92 Å². The van der Waals surface area contributed by atoms with Gasteiger partial charge in [0.25, 0.3) is 0 Å². The van der Waals surface area contributed by atoms with Crippen LogP contribution in [0.4, 0.5) is 0 Å². The zero-order chi connectivity index (χ0) is 10.7. The predicted octanol–water partition coefficient (Wildman–Crippen LogP) is -0.984. The first-order valence-corrected chi connectivity index (χ1v) is 4.50. The van der Waals surface area contributed by atoms with Crippen LogP contribution in [0.3, 0.4) is 0 Å². The van der Waals surface area contributed by atoms with Crippen LogP contribution in [0.25, 0.3) is 0 Å². The second kappa shape index (κ2) is 4.86. The molecule has 14 heavy (non-hydrogen) atoms. The van der Waals surface area contributed by atoms with Gasteiger partial charge in [-0.15, -0.1) is 6.58 Å². The normalized spacial score (nSPS) is 43.6. The average molecular weight is 204 g/mol. The van der Waals surface area contributed by atoms with Crippen LogP contribution in [0.15, 0.2) is 12.7 Å². The fraction of sp³-hybridized carbons (Fsp3) is 0.778. The van der Waals surface area contributed by atoms with Gasteiger partial charge in [0.2, 0.25) is 0 Å². The van der Waals surface area contributed by atoms with Crippen molar-refractivity contribution in [3.8, 4) is 0 Å². The molecule has 0 aromatic carbocycles. The van der Waals surface area contributed by atoms with Crippen molar-refractivity contribution in [3.63, 3.8) is 0 Å². The monoisotopic (exact) mass is 204 g/mol. The van der Waals surface area contributed by atoms with Gasteiger partial charge in [-0.05, 0) is 6.92 Å². The highest BCUT2D eigenvalue weighted by atomic mass is 16.7. The van der Waals surface area contributed by atoms with Gasteiger partial charge in [0.15, 0.2) is 6.29 Å². The summed E-state index contributed by atoms with van der Waals surface area (Å²) in [6.07, 6.45) is -3.54. The highest BCUT2D eigenvalue weighted by Crippen LogP contribution is 2.21. The largest absolute Gasteiger partial charge is 0.388 e. The number of aliphatic hydroxyl groups is 3. The third-order valence-electron chi connectivity index (χ3n) is 2.19. The topological polar surface area (TPSA) is 79.2 Å². The molecule has 0 bridgehead atoms. The molecule has 0 saturated carbocycles. The summed E-state index contributed by atoms with van der Waals surface area (Å²) in [5.74, 6) is 0. The molecule has 5 heteroatoms. The van der Waals surface area contributed by atoms with Gasteiger partial charge in [0, 0.05) is 0 Å². The van der Waals surface area contributed by atoms with Gasteiger partial charge < -0.3 is 24.8 Å². The van der Waals surface area contributed by atoms with Crippen LogP contribution in [0.2, 0.25) is 0 Å². The van der Waals surface area contributed by atoms with Crippen LogP contribution < -0.4 is 0 Å². The van der Waals surface area contributed by atoms with E-state index in [-0.39, 0.29) is 6.61 Å². The van der Waals surface area contributed by atoms with Gasteiger partial charge in [-0.1, -0.05) is 6.08 Å². The molecule has 5 atom stereocenters. The maximum Gasteiger partial charge on any atom is 0.186 e. The molecule has 0 radical (unpaired) electrons. The van der Waals surface area contributed by atoms with Gasteiger partial charge >= 0.3 is 0 Å². The molecule has 1 aliphatic rings. The van der Waals surface area contributed by atoms with Crippen molar-refractivity contribution in [1.29, 1.82) is 0 Å². The lowest BCUT2D eigenvalue weighted by atomic mass is 10.0. The SMILES string of the molecule is C=CCO[C@H]1O[C@@H](C)[C@@H](O)[C@@H](O)[C@@H]1O. The summed E-state index contributed by atoms with van der Waals surface area (Å²) >= 11 is 0. The zero-order valence-corrected chi connectivity index (χ0v) is 8.04. The molecule has 1 rings (SSSR count). The van der Waals surface area contributed by atoms with E-state index in [9.17, 15) is 15.3 Å². The van der Waals surface area contributed by atoms with E-state index in [1.165, 1.54) is 6.08 Å². The minimum atomic E-state index is -1.24. The Kier molecular flexibility index (Phi) is 4.03. The third-order valence-corrected chi connectivity index (χ3v) is 2.19. The second-order valence-electron chi connectivity index (χ2n) is 3.30. The van der Waals surface area contributed by atoms with E-state index in [4.69, 9.17) is 9.47 Å². The fourth-order valence-electron chi connectivity index (χ4n) is 1.31. The van der Waals surface area contributed by atoms with E-state index < -0.39 is 30.7 Å². The average Bonchev–Trinajstić information content (AvgIpc) is 2.18. The van der Waals surface area contributed by atoms with Crippen LogP contribution in [-0.4, -0.2) is 52.6 Å². The van der Waals surface area contributed by atoms with Crippen molar-refractivity contribution < 1.29 is 24.8 Å². The maximum absolute atomic E-state index is 9.46. The smallest absolute Gasteiger partial charge is 0.186 e. The van der Waals surface area contributed by atoms with Crippen molar-refractivity contribution in [2.75, 3.05) is 6.61 Å². The zero-order valence-electron chi connectivity index (χ0n) is 8.04. The predicted molar refractivity (Wildman–Crippen MR) is 48.5 cm³/mol. The number of aliphatic hydroxyl groups excluding tert-OH is 3. The number of ether oxygens (including phenoxy) is 2. The summed E-state index contributed by atoms with van der Waals surface area (Å²) in [6.45, 7) is 5.27. The molecule has 1 saturated heterocycles. The van der Waals surface area contributed by atoms with Gasteiger partial charge in [0.1, 0.15) is 18.3 Å². The molecule has 1 fully saturated rings. The highest BCUT2D eigenvalue weighted by molar-refractivity contribution is 4.87. The van der Waals surface area contributed by atoms with E-state index in [1.54, 1.807) is 6.92 Å². The van der Waals surface area contributed by atoms with Crippen molar-refractivity contribution in [3.05, 3.63) is 12.7 Å². The summed E-state index contributed by atoms with van der Waals surface area (Å²) in [5.41, 5.74) is 0. The summed E-state index contributed by atoms with van der Waals surface area (Å²) in [5, 5.41) is 28.2. The first-order valence-electron chi connectivity index (χ1n) is 4.50. The Labute approximate surface area is 82.6 Å². The minimum absolute atomic E-state index is 0.220. The molecule has 0 aliphatic carbocycles. The van der Waals surface area contributed by atoms with Crippen molar-refractivity contribution >= 4 is 0 Å². The van der Waals surface area contributed by atoms with Crippen molar-refractivity contribution in [2.24, 2.45) is 0 Å². The lowest BCUT2D eigenvalue weighted by Gasteiger charge is -2.38. The Bertz CT molecular complexity index is 196.